The molecular weight excluding hydrogens is 228 g/mol. The van der Waals surface area contributed by atoms with Crippen LogP contribution in [0.4, 0.5) is 11.5 Å². The molecule has 1 fully saturated rings. The van der Waals surface area contributed by atoms with Gasteiger partial charge in [-0.05, 0) is 31.9 Å². The number of anilines is 2. The average Bonchev–Trinajstić information content (AvgIpc) is 2.38. The molecule has 1 aromatic heterocycles. The molecule has 2 aliphatic rings. The van der Waals surface area contributed by atoms with Crippen LogP contribution >= 0.6 is 0 Å². The number of hydrogen-bond donors (Lipinski definition) is 2. The molecule has 96 valence electrons. The summed E-state index contributed by atoms with van der Waals surface area (Å²) in [6.45, 7) is 4.67. The summed E-state index contributed by atoms with van der Waals surface area (Å²) in [6, 6.07) is 4.28. The first kappa shape index (κ1) is 11.3. The topological polar surface area (TPSA) is 57.3 Å². The minimum atomic E-state index is -0.104. The van der Waals surface area contributed by atoms with Gasteiger partial charge in [-0.15, -0.1) is 0 Å². The molecule has 0 aromatic carbocycles. The van der Waals surface area contributed by atoms with Crippen LogP contribution in [0.1, 0.15) is 30.3 Å². The van der Waals surface area contributed by atoms with Gasteiger partial charge in [-0.1, -0.05) is 0 Å². The van der Waals surface area contributed by atoms with Crippen LogP contribution in [0.25, 0.3) is 0 Å². The first-order valence-electron chi connectivity index (χ1n) is 6.58. The number of carbonyl (C=O) groups excluding carboxylic acids is 1. The Morgan fingerprint density at radius 2 is 2.50 bits per heavy atom. The molecule has 1 amide bonds. The number of amides is 1. The van der Waals surface area contributed by atoms with E-state index in [0.29, 0.717) is 18.3 Å². The third-order valence-corrected chi connectivity index (χ3v) is 3.55. The van der Waals surface area contributed by atoms with Gasteiger partial charge in [-0.2, -0.15) is 0 Å². The van der Waals surface area contributed by atoms with Crippen molar-refractivity contribution in [1.82, 2.24) is 10.3 Å². The highest BCUT2D eigenvalue weighted by atomic mass is 16.1. The Balaban J connectivity index is 1.91. The molecule has 2 bridgehead atoms. The zero-order chi connectivity index (χ0) is 12.5. The standard InChI is InChI=1S/C13H18N4O/c1-2-14-13(18)10-5-6-11-12(16-10)15-9-4-3-7-17(11)8-9/h5-6,9H,2-4,7-8H2,1H3,(H,14,18)(H,15,16)/t9-/m0/s1. The Morgan fingerprint density at radius 3 is 3.33 bits per heavy atom. The van der Waals surface area contributed by atoms with Gasteiger partial charge < -0.3 is 15.5 Å². The van der Waals surface area contributed by atoms with Gasteiger partial charge in [0.1, 0.15) is 5.69 Å². The second kappa shape index (κ2) is 4.48. The van der Waals surface area contributed by atoms with Crippen molar-refractivity contribution in [3.63, 3.8) is 0 Å². The van der Waals surface area contributed by atoms with Crippen LogP contribution in [0, 0.1) is 0 Å². The molecule has 3 rings (SSSR count). The molecule has 1 atom stereocenters. The molecular formula is C13H18N4O. The molecule has 18 heavy (non-hydrogen) atoms. The highest BCUT2D eigenvalue weighted by molar-refractivity contribution is 5.93. The summed E-state index contributed by atoms with van der Waals surface area (Å²) >= 11 is 0. The molecule has 5 nitrogen and oxygen atoms in total. The van der Waals surface area contributed by atoms with Crippen LogP contribution in [0.5, 0.6) is 0 Å². The number of hydrogen-bond acceptors (Lipinski definition) is 4. The van der Waals surface area contributed by atoms with Gasteiger partial charge in [-0.3, -0.25) is 4.79 Å². The molecule has 2 aliphatic heterocycles. The van der Waals surface area contributed by atoms with E-state index >= 15 is 0 Å². The van der Waals surface area contributed by atoms with E-state index < -0.39 is 0 Å². The number of carbonyl (C=O) groups is 1. The summed E-state index contributed by atoms with van der Waals surface area (Å²) in [7, 11) is 0. The number of nitrogens with zero attached hydrogens (tertiary/aromatic N) is 2. The van der Waals surface area contributed by atoms with Gasteiger partial charge in [-0.25, -0.2) is 4.98 Å². The molecule has 0 radical (unpaired) electrons. The molecule has 3 heterocycles. The summed E-state index contributed by atoms with van der Waals surface area (Å²) in [4.78, 5) is 18.6. The average molecular weight is 246 g/mol. The fraction of sp³-hybridized carbons (Fsp3) is 0.538. The normalized spacial score (nSPS) is 20.9. The lowest BCUT2D eigenvalue weighted by atomic mass is 10.0. The lowest BCUT2D eigenvalue weighted by Crippen LogP contribution is -2.46. The highest BCUT2D eigenvalue weighted by Crippen LogP contribution is 2.33. The molecule has 1 saturated heterocycles. The number of pyridine rings is 1. The minimum absolute atomic E-state index is 0.104. The van der Waals surface area contributed by atoms with Crippen molar-refractivity contribution in [2.24, 2.45) is 0 Å². The first-order chi connectivity index (χ1) is 8.78. The third kappa shape index (κ3) is 1.89. The van der Waals surface area contributed by atoms with Crippen molar-refractivity contribution in [2.45, 2.75) is 25.8 Å². The summed E-state index contributed by atoms with van der Waals surface area (Å²) in [6.07, 6.45) is 2.40. The van der Waals surface area contributed by atoms with Gasteiger partial charge in [0.25, 0.3) is 5.91 Å². The Hall–Kier alpha value is -1.78. The minimum Gasteiger partial charge on any atom is -0.366 e. The van der Waals surface area contributed by atoms with Gasteiger partial charge in [0.05, 0.1) is 5.69 Å². The van der Waals surface area contributed by atoms with Gasteiger partial charge >= 0.3 is 0 Å². The van der Waals surface area contributed by atoms with E-state index in [1.807, 2.05) is 13.0 Å². The molecule has 2 N–H and O–H groups in total. The Labute approximate surface area is 107 Å². The molecule has 0 spiro atoms. The van der Waals surface area contributed by atoms with Gasteiger partial charge in [0.15, 0.2) is 5.82 Å². The third-order valence-electron chi connectivity index (χ3n) is 3.55. The predicted molar refractivity (Wildman–Crippen MR) is 71.1 cm³/mol. The predicted octanol–water partition coefficient (Wildman–Crippen LogP) is 1.23. The zero-order valence-corrected chi connectivity index (χ0v) is 10.6. The van der Waals surface area contributed by atoms with E-state index in [-0.39, 0.29) is 5.91 Å². The van der Waals surface area contributed by atoms with Crippen LogP contribution in [-0.4, -0.2) is 36.6 Å². The second-order valence-electron chi connectivity index (χ2n) is 4.85. The van der Waals surface area contributed by atoms with Crippen molar-refractivity contribution in [3.05, 3.63) is 17.8 Å². The molecule has 0 unspecified atom stereocenters. The number of nitrogens with one attached hydrogen (secondary N) is 2. The van der Waals surface area contributed by atoms with Crippen molar-refractivity contribution in [2.75, 3.05) is 29.9 Å². The lowest BCUT2D eigenvalue weighted by Gasteiger charge is -2.40. The quantitative estimate of drug-likeness (QED) is 0.824. The van der Waals surface area contributed by atoms with Crippen LogP contribution in [0.2, 0.25) is 0 Å². The van der Waals surface area contributed by atoms with Crippen molar-refractivity contribution in [3.8, 4) is 0 Å². The summed E-state index contributed by atoms with van der Waals surface area (Å²) in [5.41, 5.74) is 1.61. The van der Waals surface area contributed by atoms with E-state index in [1.165, 1.54) is 12.8 Å². The van der Waals surface area contributed by atoms with Crippen LogP contribution in [0.3, 0.4) is 0 Å². The maximum atomic E-state index is 11.8. The summed E-state index contributed by atoms with van der Waals surface area (Å²) in [5, 5.41) is 6.21. The van der Waals surface area contributed by atoms with Crippen LogP contribution < -0.4 is 15.5 Å². The zero-order valence-electron chi connectivity index (χ0n) is 10.6. The highest BCUT2D eigenvalue weighted by Gasteiger charge is 2.28. The van der Waals surface area contributed by atoms with E-state index in [4.69, 9.17) is 0 Å². The number of fused-ring (bicyclic) bond motifs is 4. The Kier molecular flexibility index (Phi) is 2.81. The maximum absolute atomic E-state index is 11.8. The number of rotatable bonds is 2. The molecule has 1 aromatic rings. The number of aromatic nitrogens is 1. The Morgan fingerprint density at radius 1 is 1.61 bits per heavy atom. The number of piperidine rings is 1. The fourth-order valence-electron chi connectivity index (χ4n) is 2.70. The Bertz CT molecular complexity index is 474. The van der Waals surface area contributed by atoms with E-state index in [2.05, 4.69) is 20.5 Å². The second-order valence-corrected chi connectivity index (χ2v) is 4.85. The van der Waals surface area contributed by atoms with E-state index in [1.54, 1.807) is 6.07 Å². The van der Waals surface area contributed by atoms with Crippen molar-refractivity contribution < 1.29 is 4.79 Å². The van der Waals surface area contributed by atoms with E-state index in [9.17, 15) is 4.79 Å². The van der Waals surface area contributed by atoms with E-state index in [0.717, 1.165) is 24.6 Å². The van der Waals surface area contributed by atoms with Crippen molar-refractivity contribution >= 4 is 17.4 Å². The molecule has 0 aliphatic carbocycles. The van der Waals surface area contributed by atoms with Crippen LogP contribution in [0.15, 0.2) is 12.1 Å². The smallest absolute Gasteiger partial charge is 0.269 e. The molecule has 5 heteroatoms. The van der Waals surface area contributed by atoms with Crippen LogP contribution in [-0.2, 0) is 0 Å². The van der Waals surface area contributed by atoms with Crippen molar-refractivity contribution in [1.29, 1.82) is 0 Å². The first-order valence-corrected chi connectivity index (χ1v) is 6.58. The fourth-order valence-corrected chi connectivity index (χ4v) is 2.70. The van der Waals surface area contributed by atoms with Gasteiger partial charge in [0.2, 0.25) is 0 Å². The summed E-state index contributed by atoms with van der Waals surface area (Å²) in [5.74, 6) is 0.752. The maximum Gasteiger partial charge on any atom is 0.269 e. The molecule has 0 saturated carbocycles. The SMILES string of the molecule is CCNC(=O)c1ccc2c(n1)N[C@H]1CCCN2C1. The monoisotopic (exact) mass is 246 g/mol. The summed E-state index contributed by atoms with van der Waals surface area (Å²) < 4.78 is 0. The lowest BCUT2D eigenvalue weighted by molar-refractivity contribution is 0.0951. The van der Waals surface area contributed by atoms with Gasteiger partial charge in [0, 0.05) is 25.7 Å². The largest absolute Gasteiger partial charge is 0.366 e.